The molecule has 1 aliphatic heterocycles. The highest BCUT2D eigenvalue weighted by Crippen LogP contribution is 2.42. The minimum Gasteiger partial charge on any atom is -0.260 e. The molecule has 0 N–H and O–H groups in total. The molecule has 132 valence electrons. The molecule has 0 saturated heterocycles. The molecule has 0 fully saturated rings. The highest BCUT2D eigenvalue weighted by Gasteiger charge is 2.33. The molecule has 1 aromatic rings. The second-order valence-electron chi connectivity index (χ2n) is 6.72. The Labute approximate surface area is 153 Å². The Kier molecular flexibility index (Phi) is 8.18. The molecule has 1 aromatic carbocycles. The molecule has 0 radical (unpaired) electrons. The van der Waals surface area contributed by atoms with E-state index in [2.05, 4.69) is 67.9 Å². The maximum absolute atomic E-state index is 4.69. The van der Waals surface area contributed by atoms with Gasteiger partial charge in [0.15, 0.2) is 0 Å². The highest BCUT2D eigenvalue weighted by molar-refractivity contribution is 5.85. The second-order valence-corrected chi connectivity index (χ2v) is 6.72. The predicted octanol–water partition coefficient (Wildman–Crippen LogP) is 7.25. The van der Waals surface area contributed by atoms with Crippen molar-refractivity contribution in [1.82, 2.24) is 0 Å². The van der Waals surface area contributed by atoms with Crippen LogP contribution in [0.3, 0.4) is 0 Å². The molecule has 1 aliphatic rings. The van der Waals surface area contributed by atoms with Crippen LogP contribution in [0.15, 0.2) is 78.9 Å². The van der Waals surface area contributed by atoms with E-state index < -0.39 is 0 Å². The van der Waals surface area contributed by atoms with Gasteiger partial charge in [-0.3, -0.25) is 4.99 Å². The lowest BCUT2D eigenvalue weighted by Gasteiger charge is -2.25. The molecular formula is C24H31N. The average Bonchev–Trinajstić information content (AvgIpc) is 3.00. The number of allylic oxidation sites excluding steroid dienone is 6. The lowest BCUT2D eigenvalue weighted by molar-refractivity contribution is 0.613. The fourth-order valence-electron chi connectivity index (χ4n) is 3.26. The first kappa shape index (κ1) is 19.2. The molecule has 0 aliphatic carbocycles. The van der Waals surface area contributed by atoms with Gasteiger partial charge in [0.05, 0.1) is 5.69 Å². The third-order valence-corrected chi connectivity index (χ3v) is 4.75. The summed E-state index contributed by atoms with van der Waals surface area (Å²) < 4.78 is 0. The standard InChI is InChI=1S/C24H31N/c1-3-5-7-9-11-15-19-24(20-16-12-10-8-6-4-2)21-25-23-18-14-13-17-22(23)24/h3-4,11-18,21H,1-2,5-10,19-20H2/b15-11+,16-12+. The van der Waals surface area contributed by atoms with Gasteiger partial charge in [0.1, 0.15) is 0 Å². The number of benzene rings is 1. The SMILES string of the molecule is C=CCCC/C=C/CC1(C/C=C/CCCC=C)C=Nc2ccccc21. The molecule has 0 saturated carbocycles. The first-order chi connectivity index (χ1) is 12.3. The summed E-state index contributed by atoms with van der Waals surface area (Å²) in [6.07, 6.45) is 24.3. The van der Waals surface area contributed by atoms with E-state index in [9.17, 15) is 0 Å². The van der Waals surface area contributed by atoms with Crippen molar-refractivity contribution >= 4 is 11.9 Å². The van der Waals surface area contributed by atoms with Crippen molar-refractivity contribution < 1.29 is 0 Å². The van der Waals surface area contributed by atoms with Crippen molar-refractivity contribution in [2.24, 2.45) is 4.99 Å². The van der Waals surface area contributed by atoms with Gasteiger partial charge >= 0.3 is 0 Å². The fourth-order valence-corrected chi connectivity index (χ4v) is 3.26. The molecule has 0 atom stereocenters. The second kappa shape index (κ2) is 10.7. The smallest absolute Gasteiger partial charge is 0.0667 e. The van der Waals surface area contributed by atoms with Crippen LogP contribution in [0, 0.1) is 0 Å². The molecule has 25 heavy (non-hydrogen) atoms. The molecule has 2 rings (SSSR count). The molecular weight excluding hydrogens is 302 g/mol. The van der Waals surface area contributed by atoms with Gasteiger partial charge in [0, 0.05) is 11.6 Å². The lowest BCUT2D eigenvalue weighted by atomic mass is 9.76. The maximum Gasteiger partial charge on any atom is 0.0667 e. The van der Waals surface area contributed by atoms with Gasteiger partial charge in [-0.05, 0) is 63.0 Å². The van der Waals surface area contributed by atoms with Crippen LogP contribution in [0.4, 0.5) is 5.69 Å². The minimum atomic E-state index is 0.0144. The predicted molar refractivity (Wildman–Crippen MR) is 112 cm³/mol. The number of para-hydroxylation sites is 1. The summed E-state index contributed by atoms with van der Waals surface area (Å²) in [7, 11) is 0. The average molecular weight is 334 g/mol. The van der Waals surface area contributed by atoms with E-state index in [4.69, 9.17) is 4.99 Å². The van der Waals surface area contributed by atoms with Crippen LogP contribution in [-0.2, 0) is 5.41 Å². The van der Waals surface area contributed by atoms with Crippen LogP contribution in [0.25, 0.3) is 0 Å². The van der Waals surface area contributed by atoms with Crippen molar-refractivity contribution in [1.29, 1.82) is 0 Å². The molecule has 0 bridgehead atoms. The summed E-state index contributed by atoms with van der Waals surface area (Å²) in [6.45, 7) is 7.57. The summed E-state index contributed by atoms with van der Waals surface area (Å²) in [5.74, 6) is 0. The molecule has 1 nitrogen and oxygen atoms in total. The minimum absolute atomic E-state index is 0.0144. The maximum atomic E-state index is 4.69. The van der Waals surface area contributed by atoms with Gasteiger partial charge in [-0.15, -0.1) is 13.2 Å². The number of hydrogen-bond donors (Lipinski definition) is 0. The van der Waals surface area contributed by atoms with Crippen LogP contribution >= 0.6 is 0 Å². The first-order valence-corrected chi connectivity index (χ1v) is 9.49. The number of unbranched alkanes of at least 4 members (excludes halogenated alkanes) is 4. The van der Waals surface area contributed by atoms with Crippen LogP contribution in [-0.4, -0.2) is 6.21 Å². The molecule has 0 spiro atoms. The van der Waals surface area contributed by atoms with E-state index in [0.717, 1.165) is 44.2 Å². The Morgan fingerprint density at radius 1 is 0.800 bits per heavy atom. The van der Waals surface area contributed by atoms with Crippen molar-refractivity contribution in [3.63, 3.8) is 0 Å². The van der Waals surface area contributed by atoms with Gasteiger partial charge in [0.2, 0.25) is 0 Å². The van der Waals surface area contributed by atoms with E-state index in [-0.39, 0.29) is 5.41 Å². The fraction of sp³-hybridized carbons (Fsp3) is 0.375. The molecule has 1 heteroatoms. The molecule has 0 unspecified atom stereocenters. The zero-order valence-corrected chi connectivity index (χ0v) is 15.4. The Morgan fingerprint density at radius 3 is 2.00 bits per heavy atom. The van der Waals surface area contributed by atoms with Crippen LogP contribution < -0.4 is 0 Å². The van der Waals surface area contributed by atoms with Crippen molar-refractivity contribution in [3.8, 4) is 0 Å². The molecule has 0 aromatic heterocycles. The largest absolute Gasteiger partial charge is 0.260 e. The van der Waals surface area contributed by atoms with Crippen molar-refractivity contribution in [3.05, 3.63) is 79.4 Å². The van der Waals surface area contributed by atoms with Gasteiger partial charge in [0.25, 0.3) is 0 Å². The summed E-state index contributed by atoms with van der Waals surface area (Å²) in [5, 5.41) is 0. The zero-order valence-electron chi connectivity index (χ0n) is 15.4. The Morgan fingerprint density at radius 2 is 1.40 bits per heavy atom. The Hall–Kier alpha value is -2.15. The monoisotopic (exact) mass is 333 g/mol. The number of rotatable bonds is 12. The van der Waals surface area contributed by atoms with E-state index in [0.29, 0.717) is 0 Å². The number of aliphatic imine (C=N–C) groups is 1. The van der Waals surface area contributed by atoms with Gasteiger partial charge in [-0.25, -0.2) is 0 Å². The Balaban J connectivity index is 2.01. The van der Waals surface area contributed by atoms with Crippen LogP contribution in [0.2, 0.25) is 0 Å². The van der Waals surface area contributed by atoms with Crippen molar-refractivity contribution in [2.75, 3.05) is 0 Å². The third kappa shape index (κ3) is 5.70. The van der Waals surface area contributed by atoms with Crippen molar-refractivity contribution in [2.45, 2.75) is 56.8 Å². The summed E-state index contributed by atoms with van der Waals surface area (Å²) in [5.41, 5.74) is 2.50. The summed E-state index contributed by atoms with van der Waals surface area (Å²) in [4.78, 5) is 4.69. The Bertz CT molecular complexity index is 607. The number of nitrogens with zero attached hydrogens (tertiary/aromatic N) is 1. The zero-order chi connectivity index (χ0) is 17.8. The van der Waals surface area contributed by atoms with Crippen LogP contribution in [0.1, 0.15) is 56.9 Å². The van der Waals surface area contributed by atoms with Gasteiger partial charge in [-0.2, -0.15) is 0 Å². The summed E-state index contributed by atoms with van der Waals surface area (Å²) >= 11 is 0. The normalized spacial score (nSPS) is 15.0. The van der Waals surface area contributed by atoms with E-state index in [1.54, 1.807) is 0 Å². The highest BCUT2D eigenvalue weighted by atomic mass is 14.8. The molecule has 0 amide bonds. The topological polar surface area (TPSA) is 12.4 Å². The van der Waals surface area contributed by atoms with Crippen LogP contribution in [0.5, 0.6) is 0 Å². The van der Waals surface area contributed by atoms with E-state index in [1.165, 1.54) is 18.4 Å². The van der Waals surface area contributed by atoms with E-state index in [1.807, 2.05) is 12.2 Å². The third-order valence-electron chi connectivity index (χ3n) is 4.75. The lowest BCUT2D eigenvalue weighted by Crippen LogP contribution is -2.24. The van der Waals surface area contributed by atoms with E-state index >= 15 is 0 Å². The molecule has 1 heterocycles. The number of fused-ring (bicyclic) bond motifs is 1. The quantitative estimate of drug-likeness (QED) is 0.282. The number of hydrogen-bond acceptors (Lipinski definition) is 1. The van der Waals surface area contributed by atoms with Gasteiger partial charge in [-0.1, -0.05) is 54.7 Å². The van der Waals surface area contributed by atoms with Gasteiger partial charge < -0.3 is 0 Å². The summed E-state index contributed by atoms with van der Waals surface area (Å²) in [6, 6.07) is 8.56. The first-order valence-electron chi connectivity index (χ1n) is 9.49.